The Morgan fingerprint density at radius 1 is 1.04 bits per heavy atom. The lowest BCUT2D eigenvalue weighted by atomic mass is 9.85. The van der Waals surface area contributed by atoms with Crippen LogP contribution in [0.2, 0.25) is 0 Å². The number of amides is 2. The summed E-state index contributed by atoms with van der Waals surface area (Å²) in [6.45, 7) is 4.52. The number of nitrogens with zero attached hydrogens (tertiary/aromatic N) is 3. The van der Waals surface area contributed by atoms with Crippen molar-refractivity contribution in [3.05, 3.63) is 12.2 Å². The normalized spacial score (nSPS) is 38.6. The second-order valence-electron chi connectivity index (χ2n) is 7.54. The number of aliphatic hydroxyl groups excluding tert-OH is 1. The van der Waals surface area contributed by atoms with Crippen molar-refractivity contribution in [2.45, 2.75) is 12.5 Å². The van der Waals surface area contributed by atoms with Crippen LogP contribution < -0.4 is 0 Å². The van der Waals surface area contributed by atoms with Crippen LogP contribution in [0.5, 0.6) is 0 Å². The van der Waals surface area contributed by atoms with Crippen LogP contribution in [0.3, 0.4) is 0 Å². The molecule has 126 valence electrons. The van der Waals surface area contributed by atoms with Crippen molar-refractivity contribution in [3.63, 3.8) is 0 Å². The maximum atomic E-state index is 12.6. The number of aliphatic hydroxyl groups is 1. The van der Waals surface area contributed by atoms with Gasteiger partial charge in [0.25, 0.3) is 0 Å². The number of fused-ring (bicyclic) bond motifs is 5. The Hall–Kier alpha value is -1.24. The summed E-state index contributed by atoms with van der Waals surface area (Å²) < 4.78 is 0. The molecule has 0 aromatic heterocycles. The van der Waals surface area contributed by atoms with E-state index in [2.05, 4.69) is 29.0 Å². The van der Waals surface area contributed by atoms with E-state index < -0.39 is 6.10 Å². The van der Waals surface area contributed by atoms with Crippen LogP contribution in [0.15, 0.2) is 12.2 Å². The molecule has 5 atom stereocenters. The molecule has 2 aliphatic heterocycles. The molecule has 2 aliphatic carbocycles. The molecule has 1 N–H and O–H groups in total. The zero-order chi connectivity index (χ0) is 16.1. The molecule has 6 heteroatoms. The lowest BCUT2D eigenvalue weighted by Gasteiger charge is -2.34. The Balaban J connectivity index is 1.36. The molecule has 2 heterocycles. The zero-order valence-electron chi connectivity index (χ0n) is 13.6. The summed E-state index contributed by atoms with van der Waals surface area (Å²) in [5, 5.41) is 10.4. The lowest BCUT2D eigenvalue weighted by molar-refractivity contribution is -0.142. The standard InChI is InChI=1S/C17H25N3O3/c1-18-4-6-19(7-5-18)9-13(21)10-20-16(22)14-11-2-3-12(8-11)15(14)17(20)23/h2-3,11-15,21H,4-10H2,1H3/t11-,12?,13?,14-,15?/m0/s1. The number of likely N-dealkylation sites (tertiary alicyclic amines) is 1. The first-order valence-electron chi connectivity index (χ1n) is 8.67. The van der Waals surface area contributed by atoms with Crippen LogP contribution >= 0.6 is 0 Å². The second-order valence-corrected chi connectivity index (χ2v) is 7.54. The van der Waals surface area contributed by atoms with Gasteiger partial charge in [-0.05, 0) is 25.3 Å². The van der Waals surface area contributed by atoms with Gasteiger partial charge in [-0.3, -0.25) is 19.4 Å². The Bertz CT molecular complexity index is 511. The quantitative estimate of drug-likeness (QED) is 0.554. The van der Waals surface area contributed by atoms with Gasteiger partial charge in [-0.25, -0.2) is 0 Å². The van der Waals surface area contributed by atoms with Crippen LogP contribution in [0, 0.1) is 23.7 Å². The molecule has 3 fully saturated rings. The fourth-order valence-corrected chi connectivity index (χ4v) is 4.74. The fourth-order valence-electron chi connectivity index (χ4n) is 4.74. The minimum Gasteiger partial charge on any atom is -0.390 e. The van der Waals surface area contributed by atoms with E-state index in [1.54, 1.807) is 0 Å². The SMILES string of the molecule is CN1CCN(CC(O)CN2C(=O)C3C4C=C[C@@H](C4)[C@@H]3C2=O)CC1. The van der Waals surface area contributed by atoms with Crippen LogP contribution in [0.1, 0.15) is 6.42 Å². The molecular weight excluding hydrogens is 294 g/mol. The Kier molecular flexibility index (Phi) is 3.78. The highest BCUT2D eigenvalue weighted by atomic mass is 16.3. The molecule has 2 saturated heterocycles. The first kappa shape index (κ1) is 15.3. The largest absolute Gasteiger partial charge is 0.390 e. The van der Waals surface area contributed by atoms with Gasteiger partial charge in [-0.15, -0.1) is 0 Å². The minimum atomic E-state index is -0.657. The number of allylic oxidation sites excluding steroid dienone is 2. The number of β-amino-alcohol motifs (C(OH)–C–C–N with tert-alkyl or cyclic N) is 1. The van der Waals surface area contributed by atoms with E-state index in [9.17, 15) is 14.7 Å². The molecule has 23 heavy (non-hydrogen) atoms. The van der Waals surface area contributed by atoms with Gasteiger partial charge in [0.05, 0.1) is 24.5 Å². The maximum absolute atomic E-state index is 12.6. The van der Waals surface area contributed by atoms with Crippen molar-refractivity contribution in [2.24, 2.45) is 23.7 Å². The average molecular weight is 319 g/mol. The van der Waals surface area contributed by atoms with Crippen molar-refractivity contribution in [1.29, 1.82) is 0 Å². The maximum Gasteiger partial charge on any atom is 0.233 e. The molecule has 4 rings (SSSR count). The molecule has 1 saturated carbocycles. The summed E-state index contributed by atoms with van der Waals surface area (Å²) in [4.78, 5) is 31.0. The van der Waals surface area contributed by atoms with E-state index in [0.29, 0.717) is 6.54 Å². The molecule has 3 unspecified atom stereocenters. The number of carbonyl (C=O) groups excluding carboxylic acids is 2. The summed E-state index contributed by atoms with van der Waals surface area (Å²) >= 11 is 0. The van der Waals surface area contributed by atoms with Crippen molar-refractivity contribution in [3.8, 4) is 0 Å². The van der Waals surface area contributed by atoms with Crippen LogP contribution in [0.25, 0.3) is 0 Å². The predicted octanol–water partition coefficient (Wildman–Crippen LogP) is -0.598. The van der Waals surface area contributed by atoms with E-state index in [0.717, 1.165) is 32.6 Å². The van der Waals surface area contributed by atoms with Gasteiger partial charge in [0.1, 0.15) is 0 Å². The van der Waals surface area contributed by atoms with Gasteiger partial charge < -0.3 is 10.0 Å². The zero-order valence-corrected chi connectivity index (χ0v) is 13.6. The topological polar surface area (TPSA) is 64.1 Å². The molecule has 0 spiro atoms. The van der Waals surface area contributed by atoms with Crippen LogP contribution in [-0.4, -0.2) is 84.0 Å². The van der Waals surface area contributed by atoms with Crippen molar-refractivity contribution < 1.29 is 14.7 Å². The predicted molar refractivity (Wildman–Crippen MR) is 84.4 cm³/mol. The molecule has 0 radical (unpaired) electrons. The third-order valence-electron chi connectivity index (χ3n) is 6.02. The van der Waals surface area contributed by atoms with Gasteiger partial charge in [-0.1, -0.05) is 12.2 Å². The number of rotatable bonds is 4. The highest BCUT2D eigenvalue weighted by Crippen LogP contribution is 2.52. The molecule has 0 aromatic rings. The second kappa shape index (κ2) is 5.69. The number of hydrogen-bond donors (Lipinski definition) is 1. The van der Waals surface area contributed by atoms with E-state index in [-0.39, 0.29) is 42.0 Å². The molecule has 2 amide bonds. The number of likely N-dealkylation sites (N-methyl/N-ethyl adjacent to an activating group) is 1. The third-order valence-corrected chi connectivity index (χ3v) is 6.02. The van der Waals surface area contributed by atoms with Crippen molar-refractivity contribution in [2.75, 3.05) is 46.3 Å². The van der Waals surface area contributed by atoms with E-state index in [1.807, 2.05) is 0 Å². The number of piperazine rings is 1. The summed E-state index contributed by atoms with van der Waals surface area (Å²) in [5.41, 5.74) is 0. The highest BCUT2D eigenvalue weighted by Gasteiger charge is 2.59. The first-order valence-corrected chi connectivity index (χ1v) is 8.67. The number of imide groups is 1. The molecule has 2 bridgehead atoms. The van der Waals surface area contributed by atoms with Gasteiger partial charge in [0, 0.05) is 32.7 Å². The molecule has 6 nitrogen and oxygen atoms in total. The smallest absolute Gasteiger partial charge is 0.233 e. The van der Waals surface area contributed by atoms with Gasteiger partial charge >= 0.3 is 0 Å². The third kappa shape index (κ3) is 2.53. The van der Waals surface area contributed by atoms with Crippen LogP contribution in [0.4, 0.5) is 0 Å². The first-order chi connectivity index (χ1) is 11.0. The van der Waals surface area contributed by atoms with E-state index in [1.165, 1.54) is 4.90 Å². The van der Waals surface area contributed by atoms with Gasteiger partial charge in [0.15, 0.2) is 0 Å². The monoisotopic (exact) mass is 319 g/mol. The Morgan fingerprint density at radius 2 is 1.61 bits per heavy atom. The van der Waals surface area contributed by atoms with Gasteiger partial charge in [0.2, 0.25) is 11.8 Å². The lowest BCUT2D eigenvalue weighted by Crippen LogP contribution is -2.49. The Morgan fingerprint density at radius 3 is 2.17 bits per heavy atom. The highest BCUT2D eigenvalue weighted by molar-refractivity contribution is 6.06. The number of hydrogen-bond acceptors (Lipinski definition) is 5. The average Bonchev–Trinajstić information content (AvgIpc) is 3.19. The van der Waals surface area contributed by atoms with Gasteiger partial charge in [-0.2, -0.15) is 0 Å². The van der Waals surface area contributed by atoms with Crippen molar-refractivity contribution in [1.82, 2.24) is 14.7 Å². The molecular formula is C17H25N3O3. The summed E-state index contributed by atoms with van der Waals surface area (Å²) in [6, 6.07) is 0. The van der Waals surface area contributed by atoms with E-state index >= 15 is 0 Å². The summed E-state index contributed by atoms with van der Waals surface area (Å²) in [6.07, 6.45) is 4.49. The van der Waals surface area contributed by atoms with Crippen LogP contribution in [-0.2, 0) is 9.59 Å². The number of carbonyl (C=O) groups is 2. The summed E-state index contributed by atoms with van der Waals surface area (Å²) in [5.74, 6) is 0.0349. The summed E-state index contributed by atoms with van der Waals surface area (Å²) in [7, 11) is 2.09. The molecule has 4 aliphatic rings. The van der Waals surface area contributed by atoms with Crippen molar-refractivity contribution >= 4 is 11.8 Å². The van der Waals surface area contributed by atoms with E-state index in [4.69, 9.17) is 0 Å². The minimum absolute atomic E-state index is 0.0609. The fraction of sp³-hybridized carbons (Fsp3) is 0.765. The Labute approximate surface area is 136 Å². The molecule has 0 aromatic carbocycles.